The molecule has 0 atom stereocenters. The van der Waals surface area contributed by atoms with Gasteiger partial charge < -0.3 is 20.3 Å². The van der Waals surface area contributed by atoms with Gasteiger partial charge in [-0.3, -0.25) is 9.59 Å². The van der Waals surface area contributed by atoms with Crippen molar-refractivity contribution in [3.05, 3.63) is 65.9 Å². The Morgan fingerprint density at radius 1 is 1.08 bits per heavy atom. The molecule has 0 bridgehead atoms. The maximum absolute atomic E-state index is 12.2. The van der Waals surface area contributed by atoms with Crippen LogP contribution < -0.4 is 15.8 Å². The molecule has 3 rings (SSSR count). The van der Waals surface area contributed by atoms with Gasteiger partial charge in [0.25, 0.3) is 5.91 Å². The first-order valence-electron chi connectivity index (χ1n) is 7.39. The fraction of sp³-hybridized carbons (Fsp3) is 0.0556. The van der Waals surface area contributed by atoms with Crippen molar-refractivity contribution in [1.29, 1.82) is 0 Å². The van der Waals surface area contributed by atoms with Crippen molar-refractivity contribution in [2.75, 3.05) is 12.4 Å². The first-order chi connectivity index (χ1) is 12.1. The lowest BCUT2D eigenvalue weighted by molar-refractivity contribution is 0.0997. The number of carbonyl (C=O) groups excluding carboxylic acids is 2. The zero-order valence-corrected chi connectivity index (χ0v) is 13.4. The predicted octanol–water partition coefficient (Wildman–Crippen LogP) is 2.70. The van der Waals surface area contributed by atoms with Gasteiger partial charge in [-0.15, -0.1) is 0 Å². The summed E-state index contributed by atoms with van der Waals surface area (Å²) in [5.41, 5.74) is 6.98. The number of hydrogen-bond acceptors (Lipinski definition) is 5. The number of primary amides is 1. The summed E-state index contributed by atoms with van der Waals surface area (Å²) in [4.78, 5) is 23.3. The molecule has 25 heavy (non-hydrogen) atoms. The van der Waals surface area contributed by atoms with Gasteiger partial charge in [-0.2, -0.15) is 0 Å². The van der Waals surface area contributed by atoms with Crippen LogP contribution in [0.4, 0.5) is 5.69 Å². The Morgan fingerprint density at radius 2 is 1.76 bits per heavy atom. The summed E-state index contributed by atoms with van der Waals surface area (Å²) in [5.74, 6) is 0.242. The van der Waals surface area contributed by atoms with Crippen molar-refractivity contribution in [3.63, 3.8) is 0 Å². The zero-order valence-electron chi connectivity index (χ0n) is 13.4. The molecule has 1 heterocycles. The maximum Gasteiger partial charge on any atom is 0.277 e. The van der Waals surface area contributed by atoms with E-state index in [2.05, 4.69) is 10.5 Å². The second-order valence-electron chi connectivity index (χ2n) is 5.20. The van der Waals surface area contributed by atoms with Crippen molar-refractivity contribution < 1.29 is 18.8 Å². The number of aromatic nitrogens is 1. The van der Waals surface area contributed by atoms with Crippen LogP contribution in [0.2, 0.25) is 0 Å². The summed E-state index contributed by atoms with van der Waals surface area (Å²) in [7, 11) is 1.59. The molecule has 2 amide bonds. The molecule has 1 aromatic heterocycles. The summed E-state index contributed by atoms with van der Waals surface area (Å²) >= 11 is 0. The molecular formula is C18H15N3O4. The summed E-state index contributed by atoms with van der Waals surface area (Å²) in [6.45, 7) is 0. The van der Waals surface area contributed by atoms with E-state index in [-0.39, 0.29) is 5.69 Å². The number of rotatable bonds is 5. The highest BCUT2D eigenvalue weighted by Gasteiger charge is 2.14. The number of nitrogens with two attached hydrogens (primary N) is 1. The average Bonchev–Trinajstić information content (AvgIpc) is 3.12. The molecule has 2 aromatic carbocycles. The third-order valence-corrected chi connectivity index (χ3v) is 3.54. The molecule has 0 spiro atoms. The Hall–Kier alpha value is -3.61. The normalized spacial score (nSPS) is 10.3. The van der Waals surface area contributed by atoms with E-state index < -0.39 is 11.8 Å². The van der Waals surface area contributed by atoms with Crippen LogP contribution in [0.5, 0.6) is 5.75 Å². The Labute approximate surface area is 143 Å². The molecule has 0 aliphatic carbocycles. The minimum atomic E-state index is -0.529. The molecule has 0 unspecified atom stereocenters. The highest BCUT2D eigenvalue weighted by atomic mass is 16.5. The maximum atomic E-state index is 12.2. The van der Waals surface area contributed by atoms with E-state index in [1.54, 1.807) is 37.4 Å². The number of anilines is 1. The van der Waals surface area contributed by atoms with Crippen molar-refractivity contribution >= 4 is 17.5 Å². The SMILES string of the molecule is COc1ccc(-c2cc(C(=O)Nc3ccc(C(N)=O)cc3)no2)cc1. The highest BCUT2D eigenvalue weighted by Crippen LogP contribution is 2.23. The van der Waals surface area contributed by atoms with Gasteiger partial charge >= 0.3 is 0 Å². The molecule has 0 fully saturated rings. The first-order valence-corrected chi connectivity index (χ1v) is 7.39. The lowest BCUT2D eigenvalue weighted by Gasteiger charge is -2.03. The van der Waals surface area contributed by atoms with E-state index in [1.807, 2.05) is 12.1 Å². The van der Waals surface area contributed by atoms with Crippen LogP contribution in [-0.4, -0.2) is 24.1 Å². The van der Waals surface area contributed by atoms with Crippen molar-refractivity contribution in [1.82, 2.24) is 5.16 Å². The Balaban J connectivity index is 1.72. The Morgan fingerprint density at radius 3 is 2.36 bits per heavy atom. The van der Waals surface area contributed by atoms with Gasteiger partial charge in [-0.1, -0.05) is 5.16 Å². The number of nitrogens with one attached hydrogen (secondary N) is 1. The summed E-state index contributed by atoms with van der Waals surface area (Å²) < 4.78 is 10.3. The Kier molecular flexibility index (Phi) is 4.47. The van der Waals surface area contributed by atoms with Crippen LogP contribution in [0.15, 0.2) is 59.1 Å². The topological polar surface area (TPSA) is 107 Å². The second kappa shape index (κ2) is 6.88. The van der Waals surface area contributed by atoms with Crippen LogP contribution >= 0.6 is 0 Å². The standard InChI is InChI=1S/C18H15N3O4/c1-24-14-8-4-11(5-9-14)16-10-15(21-25-16)18(23)20-13-6-2-12(3-7-13)17(19)22/h2-10H,1H3,(H2,19,22)(H,20,23). The molecule has 0 aliphatic heterocycles. The monoisotopic (exact) mass is 337 g/mol. The first kappa shape index (κ1) is 16.3. The van der Waals surface area contributed by atoms with Gasteiger partial charge in [0.15, 0.2) is 11.5 Å². The quantitative estimate of drug-likeness (QED) is 0.744. The molecule has 3 aromatic rings. The number of benzene rings is 2. The lowest BCUT2D eigenvalue weighted by Crippen LogP contribution is -2.13. The number of carbonyl (C=O) groups is 2. The van der Waals surface area contributed by atoms with E-state index in [9.17, 15) is 9.59 Å². The molecule has 0 saturated heterocycles. The number of amides is 2. The third-order valence-electron chi connectivity index (χ3n) is 3.54. The lowest BCUT2D eigenvalue weighted by atomic mass is 10.1. The van der Waals surface area contributed by atoms with E-state index in [0.29, 0.717) is 17.0 Å². The zero-order chi connectivity index (χ0) is 17.8. The smallest absolute Gasteiger partial charge is 0.277 e. The summed E-state index contributed by atoms with van der Waals surface area (Å²) in [6, 6.07) is 15.0. The van der Waals surface area contributed by atoms with Crippen LogP contribution in [0.3, 0.4) is 0 Å². The molecule has 0 aliphatic rings. The van der Waals surface area contributed by atoms with E-state index in [0.717, 1.165) is 11.3 Å². The minimum absolute atomic E-state index is 0.143. The second-order valence-corrected chi connectivity index (χ2v) is 5.20. The van der Waals surface area contributed by atoms with Gasteiger partial charge in [0.2, 0.25) is 5.91 Å². The van der Waals surface area contributed by atoms with Crippen molar-refractivity contribution in [2.45, 2.75) is 0 Å². The number of nitrogens with zero attached hydrogens (tertiary/aromatic N) is 1. The number of hydrogen-bond donors (Lipinski definition) is 2. The average molecular weight is 337 g/mol. The van der Waals surface area contributed by atoms with E-state index in [4.69, 9.17) is 15.0 Å². The summed E-state index contributed by atoms with van der Waals surface area (Å²) in [5, 5.41) is 6.46. The third kappa shape index (κ3) is 3.66. The van der Waals surface area contributed by atoms with Gasteiger partial charge in [-0.25, -0.2) is 0 Å². The van der Waals surface area contributed by atoms with Gasteiger partial charge in [0.1, 0.15) is 5.75 Å². The molecule has 0 radical (unpaired) electrons. The van der Waals surface area contributed by atoms with E-state index >= 15 is 0 Å². The van der Waals surface area contributed by atoms with Gasteiger partial charge in [-0.05, 0) is 48.5 Å². The van der Waals surface area contributed by atoms with Crippen LogP contribution in [0.25, 0.3) is 11.3 Å². The predicted molar refractivity (Wildman–Crippen MR) is 91.4 cm³/mol. The van der Waals surface area contributed by atoms with Crippen molar-refractivity contribution in [2.24, 2.45) is 5.73 Å². The van der Waals surface area contributed by atoms with Crippen LogP contribution in [0, 0.1) is 0 Å². The molecule has 7 heteroatoms. The van der Waals surface area contributed by atoms with Crippen LogP contribution in [0.1, 0.15) is 20.8 Å². The molecular weight excluding hydrogens is 322 g/mol. The molecule has 126 valence electrons. The van der Waals surface area contributed by atoms with Gasteiger partial charge in [0.05, 0.1) is 7.11 Å². The largest absolute Gasteiger partial charge is 0.497 e. The number of ether oxygens (including phenoxy) is 1. The highest BCUT2D eigenvalue weighted by molar-refractivity contribution is 6.03. The summed E-state index contributed by atoms with van der Waals surface area (Å²) in [6.07, 6.45) is 0. The van der Waals surface area contributed by atoms with Crippen molar-refractivity contribution in [3.8, 4) is 17.1 Å². The fourth-order valence-electron chi connectivity index (χ4n) is 2.19. The Bertz CT molecular complexity index is 899. The number of methoxy groups -OCH3 is 1. The molecule has 7 nitrogen and oxygen atoms in total. The minimum Gasteiger partial charge on any atom is -0.497 e. The fourth-order valence-corrected chi connectivity index (χ4v) is 2.19. The molecule has 3 N–H and O–H groups in total. The van der Waals surface area contributed by atoms with Gasteiger partial charge in [0, 0.05) is 22.9 Å². The molecule has 0 saturated carbocycles. The van der Waals surface area contributed by atoms with Crippen LogP contribution in [-0.2, 0) is 0 Å². The van der Waals surface area contributed by atoms with E-state index in [1.165, 1.54) is 12.1 Å².